The molecule has 8 aromatic rings. The number of aliphatic hydroxyl groups excluding tert-OH is 2. The minimum Gasteiger partial charge on any atom is -0.481 e. The topological polar surface area (TPSA) is 378 Å². The van der Waals surface area contributed by atoms with E-state index in [0.717, 1.165) is 13.8 Å². The maximum Gasteiger partial charge on any atom is 0.343 e. The smallest absolute Gasteiger partial charge is 0.343 e. The van der Waals surface area contributed by atoms with E-state index in [4.69, 9.17) is 71.4 Å². The van der Waals surface area contributed by atoms with Crippen molar-refractivity contribution < 1.29 is 134 Å². The molecule has 0 aromatic heterocycles. The summed E-state index contributed by atoms with van der Waals surface area (Å²) >= 11 is 0. The van der Waals surface area contributed by atoms with E-state index < -0.39 is 178 Å². The molecule has 0 saturated carbocycles. The summed E-state index contributed by atoms with van der Waals surface area (Å²) in [6, 6.07) is 59.6. The molecule has 115 heavy (non-hydrogen) atoms. The van der Waals surface area contributed by atoms with Crippen LogP contribution in [0.25, 0.3) is 0 Å². The fraction of sp³-hybridized carbons (Fsp3) is 0.299. The van der Waals surface area contributed by atoms with Crippen molar-refractivity contribution in [1.82, 2.24) is 0 Å². The Bertz CT molecular complexity index is 4500. The van der Waals surface area contributed by atoms with E-state index in [0.29, 0.717) is 32.1 Å². The Morgan fingerprint density at radius 1 is 0.374 bits per heavy atom. The molecule has 3 N–H and O–H groups in total. The van der Waals surface area contributed by atoms with Gasteiger partial charge in [0.05, 0.1) is 57.7 Å². The van der Waals surface area contributed by atoms with Crippen molar-refractivity contribution >= 4 is 65.7 Å². The van der Waals surface area contributed by atoms with Crippen LogP contribution in [-0.4, -0.2) is 175 Å². The highest BCUT2D eigenvalue weighted by Gasteiger charge is 2.54. The Balaban J connectivity index is 1.18. The lowest BCUT2D eigenvalue weighted by Gasteiger charge is -2.44. The number of esters is 10. The van der Waals surface area contributed by atoms with E-state index in [1.54, 1.807) is 84.9 Å². The highest BCUT2D eigenvalue weighted by Crippen LogP contribution is 2.35. The number of aliphatic hydroxyl groups is 2. The molecule has 11 unspecified atom stereocenters. The van der Waals surface area contributed by atoms with Crippen LogP contribution >= 0.6 is 0 Å². The van der Waals surface area contributed by atoms with Crippen molar-refractivity contribution in [2.24, 2.45) is 0 Å². The zero-order valence-electron chi connectivity index (χ0n) is 62.7. The molecular weight excluding hydrogens is 1490 g/mol. The standard InChI is InChI=1S/C87H86O28/c1-56(88)106-66(51-54-104-87-76(115-84(99)65-47-29-14-30-48-65)73(113-82(97)63-43-25-12-26-44-63)72(111-81(96)62-41-23-11-24-42-62)68(109-87)55-105-78(93)59-35-17-8-18-36-59)70(74(107-57(2)89)85(100)102-52-32-6-4-3-5-31-49-69(90)91)112-86(101)75(114-83(98)64-45-27-13-28-46-64)71(110-80(95)61-39-21-10-22-40-61)67(108-79(94)60-37-19-9-20-38-60)50-53-103-77(92)58-33-15-7-16-34-58/h7-30,33-48,66-68,70,72-74,76,85-87,100-101H,3-6,31-32,49-55H2,1-2H3,(H,90,91)/b75-71-. The van der Waals surface area contributed by atoms with Gasteiger partial charge in [-0.25, -0.2) is 38.4 Å². The number of rotatable bonds is 42. The molecule has 0 amide bonds. The van der Waals surface area contributed by atoms with Gasteiger partial charge in [0.25, 0.3) is 0 Å². The van der Waals surface area contributed by atoms with Gasteiger partial charge in [0, 0.05) is 39.7 Å². The van der Waals surface area contributed by atoms with Gasteiger partial charge in [0.2, 0.25) is 12.0 Å². The summed E-state index contributed by atoms with van der Waals surface area (Å²) in [6.07, 6.45) is -22.0. The molecule has 1 aliphatic rings. The maximum atomic E-state index is 14.8. The predicted octanol–water partition coefficient (Wildman–Crippen LogP) is 11.8. The van der Waals surface area contributed by atoms with Crippen LogP contribution < -0.4 is 0 Å². The second-order valence-electron chi connectivity index (χ2n) is 25.9. The number of unbranched alkanes of at least 4 members (excludes halogenated alkanes) is 5. The first-order valence-corrected chi connectivity index (χ1v) is 36.9. The molecular formula is C87H86O28. The molecule has 8 aromatic carbocycles. The van der Waals surface area contributed by atoms with Crippen LogP contribution in [0.15, 0.2) is 254 Å². The third-order valence-electron chi connectivity index (χ3n) is 17.4. The molecule has 1 fully saturated rings. The summed E-state index contributed by atoms with van der Waals surface area (Å²) in [7, 11) is 0. The Morgan fingerprint density at radius 3 is 1.20 bits per heavy atom. The fourth-order valence-electron chi connectivity index (χ4n) is 11.8. The van der Waals surface area contributed by atoms with E-state index in [9.17, 15) is 63.0 Å². The molecule has 1 saturated heterocycles. The van der Waals surface area contributed by atoms with Crippen LogP contribution in [0.1, 0.15) is 154 Å². The molecule has 0 bridgehead atoms. The largest absolute Gasteiger partial charge is 0.481 e. The molecule has 1 aliphatic heterocycles. The third-order valence-corrected chi connectivity index (χ3v) is 17.4. The van der Waals surface area contributed by atoms with Crippen LogP contribution in [0.4, 0.5) is 0 Å². The summed E-state index contributed by atoms with van der Waals surface area (Å²) in [5, 5.41) is 34.8. The Hall–Kier alpha value is -12.6. The molecule has 1 heterocycles. The number of aliphatic carboxylic acids is 1. The monoisotopic (exact) mass is 1580 g/mol. The van der Waals surface area contributed by atoms with Crippen LogP contribution in [-0.2, 0) is 80.7 Å². The first-order valence-electron chi connectivity index (χ1n) is 36.9. The Morgan fingerprint density at radius 2 is 0.757 bits per heavy atom. The quantitative estimate of drug-likeness (QED) is 0.0105. The predicted molar refractivity (Wildman–Crippen MR) is 405 cm³/mol. The molecule has 11 atom stereocenters. The SMILES string of the molecule is CC(=O)OC(CCOC1OC(COC(=O)c2ccccc2)C(OC(=O)c2ccccc2)C(OC(=O)c2ccccc2)C1OC(=O)c1ccccc1)C(OC(O)/C(OC(=O)c1ccccc1)=C(/OC(=O)c1ccccc1)C(CCOC(=O)c1ccccc1)OC(=O)c1ccccc1)C(OC(C)=O)C(O)OCCCCCCCCC(=O)O. The minimum atomic E-state index is -2.93. The van der Waals surface area contributed by atoms with E-state index >= 15 is 0 Å². The first kappa shape index (κ1) is 86.4. The van der Waals surface area contributed by atoms with Gasteiger partial charge in [-0.1, -0.05) is 171 Å². The van der Waals surface area contributed by atoms with Gasteiger partial charge in [0.1, 0.15) is 24.9 Å². The normalized spacial score (nSPS) is 16.8. The number of hydrogen-bond acceptors (Lipinski definition) is 27. The zero-order chi connectivity index (χ0) is 81.9. The molecule has 602 valence electrons. The second kappa shape index (κ2) is 45.2. The van der Waals surface area contributed by atoms with Gasteiger partial charge in [0.15, 0.2) is 48.9 Å². The Kier molecular flexibility index (Phi) is 34.0. The summed E-state index contributed by atoms with van der Waals surface area (Å²) in [4.78, 5) is 154. The van der Waals surface area contributed by atoms with Crippen LogP contribution in [0.3, 0.4) is 0 Å². The van der Waals surface area contributed by atoms with E-state index in [1.807, 2.05) is 0 Å². The lowest BCUT2D eigenvalue weighted by atomic mass is 9.97. The van der Waals surface area contributed by atoms with Crippen LogP contribution in [0.5, 0.6) is 0 Å². The van der Waals surface area contributed by atoms with Crippen molar-refractivity contribution in [3.8, 4) is 0 Å². The number of carbonyl (C=O) groups excluding carboxylic acids is 10. The van der Waals surface area contributed by atoms with E-state index in [-0.39, 0.29) is 64.0 Å². The van der Waals surface area contributed by atoms with Crippen molar-refractivity contribution in [1.29, 1.82) is 0 Å². The van der Waals surface area contributed by atoms with Gasteiger partial charge in [-0.3, -0.25) is 14.4 Å². The zero-order valence-corrected chi connectivity index (χ0v) is 62.7. The Labute approximate surface area is 661 Å². The van der Waals surface area contributed by atoms with Crippen LogP contribution in [0, 0.1) is 0 Å². The van der Waals surface area contributed by atoms with Gasteiger partial charge >= 0.3 is 65.7 Å². The number of hydrogen-bond donors (Lipinski definition) is 3. The van der Waals surface area contributed by atoms with E-state index in [1.165, 1.54) is 158 Å². The van der Waals surface area contributed by atoms with Crippen molar-refractivity contribution in [3.05, 3.63) is 299 Å². The summed E-state index contributed by atoms with van der Waals surface area (Å²) in [5.74, 6) is -14.0. The number of carboxylic acids is 1. The highest BCUT2D eigenvalue weighted by atomic mass is 16.7. The van der Waals surface area contributed by atoms with E-state index in [2.05, 4.69) is 0 Å². The number of carbonyl (C=O) groups is 11. The van der Waals surface area contributed by atoms with Gasteiger partial charge in [-0.2, -0.15) is 0 Å². The van der Waals surface area contributed by atoms with Gasteiger partial charge in [-0.05, 0) is 110 Å². The highest BCUT2D eigenvalue weighted by molar-refractivity contribution is 5.94. The van der Waals surface area contributed by atoms with Crippen molar-refractivity contribution in [2.45, 2.75) is 139 Å². The minimum absolute atomic E-state index is 0.0101. The molecule has 28 heteroatoms. The molecule has 0 radical (unpaired) electrons. The van der Waals surface area contributed by atoms with Crippen molar-refractivity contribution in [2.75, 3.05) is 26.4 Å². The average Bonchev–Trinajstić information content (AvgIpc) is 0.780. The maximum absolute atomic E-state index is 14.8. The lowest BCUT2D eigenvalue weighted by molar-refractivity contribution is -0.300. The number of benzene rings is 8. The fourth-order valence-corrected chi connectivity index (χ4v) is 11.8. The van der Waals surface area contributed by atoms with Crippen molar-refractivity contribution in [3.63, 3.8) is 0 Å². The molecule has 0 aliphatic carbocycles. The second-order valence-corrected chi connectivity index (χ2v) is 25.9. The lowest BCUT2D eigenvalue weighted by Crippen LogP contribution is -2.63. The van der Waals surface area contributed by atoms with Gasteiger partial charge in [-0.15, -0.1) is 0 Å². The number of ether oxygens (including phenoxy) is 14. The summed E-state index contributed by atoms with van der Waals surface area (Å²) in [5.41, 5.74) is -0.410. The molecule has 0 spiro atoms. The van der Waals surface area contributed by atoms with Crippen LogP contribution in [0.2, 0.25) is 0 Å². The first-order chi connectivity index (χ1) is 55.7. The summed E-state index contributed by atoms with van der Waals surface area (Å²) in [6.45, 7) is -0.707. The molecule has 9 rings (SSSR count). The van der Waals surface area contributed by atoms with Gasteiger partial charge < -0.3 is 81.6 Å². The number of carboxylic acid groups (broad SMARTS) is 1. The third kappa shape index (κ3) is 27.1. The molecule has 28 nitrogen and oxygen atoms in total. The average molecular weight is 1580 g/mol. The summed E-state index contributed by atoms with van der Waals surface area (Å²) < 4.78 is 86.1.